The van der Waals surface area contributed by atoms with Gasteiger partial charge in [0, 0.05) is 11.4 Å². The monoisotopic (exact) mass is 477 g/mol. The summed E-state index contributed by atoms with van der Waals surface area (Å²) in [5.74, 6) is 0. The minimum atomic E-state index is -0.988. The van der Waals surface area contributed by atoms with Gasteiger partial charge in [0.25, 0.3) is 0 Å². The van der Waals surface area contributed by atoms with Crippen molar-refractivity contribution in [3.63, 3.8) is 0 Å². The maximum absolute atomic E-state index is 12.9. The van der Waals surface area contributed by atoms with Crippen LogP contribution in [0.15, 0.2) is 95.9 Å². The third-order valence-corrected chi connectivity index (χ3v) is 7.22. The molecule has 2 saturated heterocycles. The number of ether oxygens (including phenoxy) is 3. The Morgan fingerprint density at radius 3 is 2.18 bits per heavy atom. The van der Waals surface area contributed by atoms with Crippen molar-refractivity contribution in [3.8, 4) is 0 Å². The van der Waals surface area contributed by atoms with Crippen molar-refractivity contribution in [2.45, 2.75) is 47.8 Å². The van der Waals surface area contributed by atoms with E-state index in [1.165, 1.54) is 11.8 Å². The zero-order chi connectivity index (χ0) is 23.3. The number of aliphatic hydroxyl groups excluding tert-OH is 1. The van der Waals surface area contributed by atoms with Crippen LogP contribution < -0.4 is 0 Å². The molecule has 3 aromatic rings. The third kappa shape index (κ3) is 5.13. The van der Waals surface area contributed by atoms with Crippen LogP contribution in [-0.4, -0.2) is 52.5 Å². The van der Waals surface area contributed by atoms with Crippen LogP contribution in [0.4, 0.5) is 4.79 Å². The molecule has 3 aromatic carbocycles. The Morgan fingerprint density at radius 2 is 1.50 bits per heavy atom. The van der Waals surface area contributed by atoms with Gasteiger partial charge in [0.05, 0.1) is 13.2 Å². The van der Waals surface area contributed by atoms with Gasteiger partial charge in [-0.05, 0) is 23.3 Å². The second kappa shape index (κ2) is 10.6. The van der Waals surface area contributed by atoms with E-state index in [1.54, 1.807) is 4.90 Å². The largest absolute Gasteiger partial charge is 0.441 e. The highest BCUT2D eigenvalue weighted by Crippen LogP contribution is 2.40. The van der Waals surface area contributed by atoms with E-state index >= 15 is 0 Å². The predicted molar refractivity (Wildman–Crippen MR) is 129 cm³/mol. The lowest BCUT2D eigenvalue weighted by Crippen LogP contribution is -2.59. The molecule has 7 heteroatoms. The summed E-state index contributed by atoms with van der Waals surface area (Å²) in [7, 11) is 0. The Hall–Kier alpha value is -2.84. The summed E-state index contributed by atoms with van der Waals surface area (Å²) < 4.78 is 18.0. The molecule has 0 saturated carbocycles. The van der Waals surface area contributed by atoms with Crippen molar-refractivity contribution in [2.75, 3.05) is 6.61 Å². The standard InChI is InChI=1S/C27H27NO5S/c29-24-22(18-31-17-20-12-6-2-7-13-20)32-26(34-21-14-8-3-9-15-21)23-25(24)33-27(30)28(23)16-19-10-4-1-5-11-19/h1-15,22-26,29H,16-18H2/t22-,23-,24-,25-,26-/m1/s1. The van der Waals surface area contributed by atoms with Gasteiger partial charge in [-0.3, -0.25) is 4.90 Å². The number of amides is 1. The molecule has 2 aliphatic heterocycles. The summed E-state index contributed by atoms with van der Waals surface area (Å²) in [6.07, 6.45) is -2.74. The molecular weight excluding hydrogens is 450 g/mol. The normalized spacial score (nSPS) is 26.2. The molecule has 176 valence electrons. The van der Waals surface area contributed by atoms with Gasteiger partial charge >= 0.3 is 6.09 Å². The van der Waals surface area contributed by atoms with Gasteiger partial charge in [0.2, 0.25) is 0 Å². The molecule has 0 unspecified atom stereocenters. The van der Waals surface area contributed by atoms with Gasteiger partial charge in [-0.15, -0.1) is 0 Å². The molecule has 6 nitrogen and oxygen atoms in total. The molecule has 34 heavy (non-hydrogen) atoms. The first-order valence-corrected chi connectivity index (χ1v) is 12.2. The fourth-order valence-electron chi connectivity index (χ4n) is 4.36. The van der Waals surface area contributed by atoms with Gasteiger partial charge in [-0.25, -0.2) is 4.79 Å². The molecule has 0 spiro atoms. The zero-order valence-corrected chi connectivity index (χ0v) is 19.4. The molecule has 2 fully saturated rings. The Labute approximate surface area is 203 Å². The maximum atomic E-state index is 12.9. The van der Waals surface area contributed by atoms with Gasteiger partial charge in [-0.2, -0.15) is 0 Å². The minimum absolute atomic E-state index is 0.196. The summed E-state index contributed by atoms with van der Waals surface area (Å²) in [4.78, 5) is 15.6. The molecule has 0 bridgehead atoms. The third-order valence-electron chi connectivity index (χ3n) is 6.06. The van der Waals surface area contributed by atoms with Crippen LogP contribution in [0.3, 0.4) is 0 Å². The fourth-order valence-corrected chi connectivity index (χ4v) is 5.58. The van der Waals surface area contributed by atoms with Crippen molar-refractivity contribution in [1.29, 1.82) is 0 Å². The predicted octanol–water partition coefficient (Wildman–Crippen LogP) is 4.47. The van der Waals surface area contributed by atoms with Crippen LogP contribution in [0.25, 0.3) is 0 Å². The van der Waals surface area contributed by atoms with E-state index in [2.05, 4.69) is 0 Å². The number of benzene rings is 3. The molecule has 0 radical (unpaired) electrons. The summed E-state index contributed by atoms with van der Waals surface area (Å²) in [6.45, 7) is 0.997. The SMILES string of the molecule is O=C1O[C@H]2[C@H](O)[C@@H](COCc3ccccc3)O[C@H](Sc3ccccc3)[C@@H]2N1Cc1ccccc1. The van der Waals surface area contributed by atoms with Crippen LogP contribution in [0.2, 0.25) is 0 Å². The first kappa shape index (κ1) is 22.9. The van der Waals surface area contributed by atoms with E-state index in [4.69, 9.17) is 14.2 Å². The number of nitrogens with zero attached hydrogens (tertiary/aromatic N) is 1. The molecule has 5 atom stereocenters. The van der Waals surface area contributed by atoms with E-state index in [0.29, 0.717) is 13.2 Å². The smallest absolute Gasteiger partial charge is 0.411 e. The molecular formula is C27H27NO5S. The maximum Gasteiger partial charge on any atom is 0.411 e. The highest BCUT2D eigenvalue weighted by molar-refractivity contribution is 7.99. The van der Waals surface area contributed by atoms with Crippen LogP contribution in [0, 0.1) is 0 Å². The van der Waals surface area contributed by atoms with E-state index < -0.39 is 35.9 Å². The van der Waals surface area contributed by atoms with Crippen LogP contribution in [0.1, 0.15) is 11.1 Å². The van der Waals surface area contributed by atoms with Crippen molar-refractivity contribution >= 4 is 17.9 Å². The van der Waals surface area contributed by atoms with Crippen molar-refractivity contribution in [3.05, 3.63) is 102 Å². The van der Waals surface area contributed by atoms with Crippen molar-refractivity contribution in [1.82, 2.24) is 4.90 Å². The van der Waals surface area contributed by atoms with Crippen LogP contribution >= 0.6 is 11.8 Å². The Kier molecular flexibility index (Phi) is 7.16. The lowest BCUT2D eigenvalue weighted by atomic mass is 9.97. The summed E-state index contributed by atoms with van der Waals surface area (Å²) >= 11 is 1.53. The molecule has 1 N–H and O–H groups in total. The first-order valence-electron chi connectivity index (χ1n) is 11.4. The molecule has 2 aliphatic rings. The average molecular weight is 478 g/mol. The topological polar surface area (TPSA) is 68.2 Å². The highest BCUT2D eigenvalue weighted by Gasteiger charge is 2.56. The Bertz CT molecular complexity index is 1070. The number of fused-ring (bicyclic) bond motifs is 1. The van der Waals surface area contributed by atoms with Crippen molar-refractivity contribution in [2.24, 2.45) is 0 Å². The lowest BCUT2D eigenvalue weighted by molar-refractivity contribution is -0.169. The van der Waals surface area contributed by atoms with Crippen LogP contribution in [-0.2, 0) is 27.4 Å². The molecule has 0 aliphatic carbocycles. The van der Waals surface area contributed by atoms with Gasteiger partial charge in [-0.1, -0.05) is 90.6 Å². The van der Waals surface area contributed by atoms with Crippen molar-refractivity contribution < 1.29 is 24.1 Å². The molecule has 5 rings (SSSR count). The molecule has 1 amide bonds. The van der Waals surface area contributed by atoms with E-state index in [-0.39, 0.29) is 6.61 Å². The second-order valence-corrected chi connectivity index (χ2v) is 9.59. The number of hydrogen-bond acceptors (Lipinski definition) is 6. The van der Waals surface area contributed by atoms with Gasteiger partial charge in [0.1, 0.15) is 23.7 Å². The fraction of sp³-hybridized carbons (Fsp3) is 0.296. The number of thioether (sulfide) groups is 1. The number of rotatable bonds is 8. The quantitative estimate of drug-likeness (QED) is 0.516. The average Bonchev–Trinajstić information content (AvgIpc) is 3.20. The Morgan fingerprint density at radius 1 is 0.882 bits per heavy atom. The van der Waals surface area contributed by atoms with Gasteiger partial charge in [0.15, 0.2) is 6.10 Å². The first-order chi connectivity index (χ1) is 16.7. The number of aliphatic hydroxyl groups is 1. The molecule has 0 aromatic heterocycles. The number of carbonyl (C=O) groups excluding carboxylic acids is 1. The zero-order valence-electron chi connectivity index (χ0n) is 18.6. The van der Waals surface area contributed by atoms with Crippen LogP contribution in [0.5, 0.6) is 0 Å². The second-order valence-electron chi connectivity index (χ2n) is 8.42. The van der Waals surface area contributed by atoms with E-state index in [9.17, 15) is 9.90 Å². The number of carbonyl (C=O) groups is 1. The highest BCUT2D eigenvalue weighted by atomic mass is 32.2. The van der Waals surface area contributed by atoms with E-state index in [1.807, 2.05) is 91.0 Å². The minimum Gasteiger partial charge on any atom is -0.441 e. The summed E-state index contributed by atoms with van der Waals surface area (Å²) in [5.41, 5.74) is 1.62. The lowest BCUT2D eigenvalue weighted by Gasteiger charge is -2.42. The molecule has 2 heterocycles. The summed E-state index contributed by atoms with van der Waals surface area (Å²) in [6, 6.07) is 29.1. The van der Waals surface area contributed by atoms with Gasteiger partial charge < -0.3 is 19.3 Å². The summed E-state index contributed by atoms with van der Waals surface area (Å²) in [5, 5.41) is 11.1. The Balaban J connectivity index is 1.35. The number of hydrogen-bond donors (Lipinski definition) is 1. The van der Waals surface area contributed by atoms with E-state index in [0.717, 1.165) is 16.0 Å².